The molecule has 1 aromatic carbocycles. The highest BCUT2D eigenvalue weighted by molar-refractivity contribution is 6.30. The highest BCUT2D eigenvalue weighted by Crippen LogP contribution is 2.64. The molecule has 82 valence electrons. The van der Waals surface area contributed by atoms with Crippen LogP contribution in [-0.2, 0) is 5.41 Å². The summed E-state index contributed by atoms with van der Waals surface area (Å²) < 4.78 is 13.0. The molecular formula is C12H14ClFO. The third-order valence-corrected chi connectivity index (χ3v) is 3.95. The SMILES string of the molecule is CC1(C)CC1(CO)c1ccc(F)c(Cl)c1. The van der Waals surface area contributed by atoms with Crippen LogP contribution < -0.4 is 0 Å². The zero-order valence-electron chi connectivity index (χ0n) is 8.85. The fourth-order valence-corrected chi connectivity index (χ4v) is 2.54. The van der Waals surface area contributed by atoms with Gasteiger partial charge in [-0.25, -0.2) is 4.39 Å². The molecule has 0 radical (unpaired) electrons. The zero-order valence-corrected chi connectivity index (χ0v) is 9.61. The van der Waals surface area contributed by atoms with E-state index in [-0.39, 0.29) is 22.5 Å². The van der Waals surface area contributed by atoms with Gasteiger partial charge in [-0.1, -0.05) is 31.5 Å². The molecule has 0 saturated heterocycles. The summed E-state index contributed by atoms with van der Waals surface area (Å²) in [6, 6.07) is 4.71. The second-order valence-corrected chi connectivity index (χ2v) is 5.34. The minimum absolute atomic E-state index is 0.0723. The predicted octanol–water partition coefficient (Wildman–Crippen LogP) is 3.14. The maximum absolute atomic E-state index is 13.0. The lowest BCUT2D eigenvalue weighted by Gasteiger charge is -2.18. The molecule has 1 fully saturated rings. The molecule has 1 saturated carbocycles. The van der Waals surface area contributed by atoms with Crippen LogP contribution >= 0.6 is 11.6 Å². The maximum Gasteiger partial charge on any atom is 0.141 e. The van der Waals surface area contributed by atoms with Crippen molar-refractivity contribution in [3.8, 4) is 0 Å². The number of benzene rings is 1. The van der Waals surface area contributed by atoms with Gasteiger partial charge in [0.15, 0.2) is 0 Å². The summed E-state index contributed by atoms with van der Waals surface area (Å²) >= 11 is 5.74. The zero-order chi connectivity index (χ0) is 11.3. The van der Waals surface area contributed by atoms with Crippen LogP contribution in [-0.4, -0.2) is 11.7 Å². The summed E-state index contributed by atoms with van der Waals surface area (Å²) in [5.41, 5.74) is 0.772. The standard InChI is InChI=1S/C12H14ClFO/c1-11(2)6-12(11,7-15)8-3-4-10(14)9(13)5-8/h3-5,15H,6-7H2,1-2H3. The maximum atomic E-state index is 13.0. The quantitative estimate of drug-likeness (QED) is 0.825. The van der Waals surface area contributed by atoms with E-state index in [4.69, 9.17) is 11.6 Å². The normalized spacial score (nSPS) is 27.8. The van der Waals surface area contributed by atoms with Crippen molar-refractivity contribution >= 4 is 11.6 Å². The molecule has 0 aromatic heterocycles. The molecule has 2 rings (SSSR count). The summed E-state index contributed by atoms with van der Waals surface area (Å²) in [5.74, 6) is -0.410. The van der Waals surface area contributed by atoms with Gasteiger partial charge < -0.3 is 5.11 Å². The lowest BCUT2D eigenvalue weighted by atomic mass is 9.89. The van der Waals surface area contributed by atoms with Crippen LogP contribution in [0.25, 0.3) is 0 Å². The van der Waals surface area contributed by atoms with Gasteiger partial charge in [0.2, 0.25) is 0 Å². The van der Waals surface area contributed by atoms with Gasteiger partial charge in [-0.05, 0) is 29.5 Å². The molecule has 3 heteroatoms. The minimum Gasteiger partial charge on any atom is -0.395 e. The van der Waals surface area contributed by atoms with Crippen LogP contribution in [0.15, 0.2) is 18.2 Å². The third-order valence-electron chi connectivity index (χ3n) is 3.66. The molecule has 0 spiro atoms. The lowest BCUT2D eigenvalue weighted by Crippen LogP contribution is -2.19. The van der Waals surface area contributed by atoms with Crippen LogP contribution in [0.2, 0.25) is 5.02 Å². The van der Waals surface area contributed by atoms with Crippen molar-refractivity contribution in [3.05, 3.63) is 34.6 Å². The smallest absolute Gasteiger partial charge is 0.141 e. The first-order valence-corrected chi connectivity index (χ1v) is 5.37. The van der Waals surface area contributed by atoms with Gasteiger partial charge in [0.05, 0.1) is 11.6 Å². The molecule has 1 atom stereocenters. The van der Waals surface area contributed by atoms with Crippen molar-refractivity contribution < 1.29 is 9.50 Å². The highest BCUT2D eigenvalue weighted by atomic mass is 35.5. The Morgan fingerprint density at radius 3 is 2.47 bits per heavy atom. The van der Waals surface area contributed by atoms with Crippen LogP contribution in [0.4, 0.5) is 4.39 Å². The first-order chi connectivity index (χ1) is 6.93. The van der Waals surface area contributed by atoms with Crippen molar-refractivity contribution in [3.63, 3.8) is 0 Å². The van der Waals surface area contributed by atoms with Gasteiger partial charge in [0.1, 0.15) is 5.82 Å². The largest absolute Gasteiger partial charge is 0.395 e. The number of hydrogen-bond acceptors (Lipinski definition) is 1. The highest BCUT2D eigenvalue weighted by Gasteiger charge is 2.61. The second-order valence-electron chi connectivity index (χ2n) is 4.93. The van der Waals surface area contributed by atoms with Crippen LogP contribution in [0, 0.1) is 11.2 Å². The van der Waals surface area contributed by atoms with Crippen LogP contribution in [0.1, 0.15) is 25.8 Å². The topological polar surface area (TPSA) is 20.2 Å². The van der Waals surface area contributed by atoms with E-state index in [2.05, 4.69) is 13.8 Å². The second kappa shape index (κ2) is 3.19. The first kappa shape index (κ1) is 10.9. The molecule has 1 unspecified atom stereocenters. The fraction of sp³-hybridized carbons (Fsp3) is 0.500. The van der Waals surface area contributed by atoms with E-state index in [0.717, 1.165) is 12.0 Å². The number of hydrogen-bond donors (Lipinski definition) is 1. The van der Waals surface area contributed by atoms with Crippen LogP contribution in [0.5, 0.6) is 0 Å². The van der Waals surface area contributed by atoms with Gasteiger partial charge in [-0.15, -0.1) is 0 Å². The van der Waals surface area contributed by atoms with Crippen molar-refractivity contribution in [2.75, 3.05) is 6.61 Å². The van der Waals surface area contributed by atoms with E-state index in [9.17, 15) is 9.50 Å². The van der Waals surface area contributed by atoms with Gasteiger partial charge in [0, 0.05) is 5.41 Å². The molecule has 0 amide bonds. The monoisotopic (exact) mass is 228 g/mol. The summed E-state index contributed by atoms with van der Waals surface area (Å²) in [7, 11) is 0. The molecule has 0 bridgehead atoms. The Balaban J connectivity index is 2.42. The van der Waals surface area contributed by atoms with Gasteiger partial charge in [-0.2, -0.15) is 0 Å². The Labute approximate surface area is 93.9 Å². The van der Waals surface area contributed by atoms with Gasteiger partial charge in [-0.3, -0.25) is 0 Å². The lowest BCUT2D eigenvalue weighted by molar-refractivity contribution is 0.231. The van der Waals surface area contributed by atoms with Crippen molar-refractivity contribution in [1.29, 1.82) is 0 Å². The Bertz CT molecular complexity index is 403. The molecule has 1 nitrogen and oxygen atoms in total. The number of aliphatic hydroxyl groups excluding tert-OH is 1. The Morgan fingerprint density at radius 1 is 1.47 bits per heavy atom. The average Bonchev–Trinajstić information content (AvgIpc) is 2.75. The molecule has 15 heavy (non-hydrogen) atoms. The van der Waals surface area contributed by atoms with E-state index in [1.165, 1.54) is 6.07 Å². The molecule has 1 N–H and O–H groups in total. The van der Waals surface area contributed by atoms with Crippen molar-refractivity contribution in [1.82, 2.24) is 0 Å². The first-order valence-electron chi connectivity index (χ1n) is 4.99. The summed E-state index contributed by atoms with van der Waals surface area (Å²) in [6.45, 7) is 4.28. The van der Waals surface area contributed by atoms with E-state index in [0.29, 0.717) is 0 Å². The number of rotatable bonds is 2. The van der Waals surface area contributed by atoms with E-state index >= 15 is 0 Å². The fourth-order valence-electron chi connectivity index (χ4n) is 2.36. The minimum atomic E-state index is -0.410. The van der Waals surface area contributed by atoms with E-state index < -0.39 is 5.82 Å². The average molecular weight is 229 g/mol. The Morgan fingerprint density at radius 2 is 2.07 bits per heavy atom. The Hall–Kier alpha value is -0.600. The predicted molar refractivity (Wildman–Crippen MR) is 58.6 cm³/mol. The number of halogens is 2. The number of aliphatic hydroxyl groups is 1. The molecule has 1 aliphatic rings. The van der Waals surface area contributed by atoms with E-state index in [1.54, 1.807) is 12.1 Å². The van der Waals surface area contributed by atoms with Crippen molar-refractivity contribution in [2.45, 2.75) is 25.7 Å². The van der Waals surface area contributed by atoms with Crippen molar-refractivity contribution in [2.24, 2.45) is 5.41 Å². The summed E-state index contributed by atoms with van der Waals surface area (Å²) in [6.07, 6.45) is 0.915. The van der Waals surface area contributed by atoms with Gasteiger partial charge >= 0.3 is 0 Å². The molecule has 0 heterocycles. The summed E-state index contributed by atoms with van der Waals surface area (Å²) in [4.78, 5) is 0. The molecule has 1 aliphatic carbocycles. The van der Waals surface area contributed by atoms with E-state index in [1.807, 2.05) is 0 Å². The van der Waals surface area contributed by atoms with Gasteiger partial charge in [0.25, 0.3) is 0 Å². The molecule has 0 aliphatic heterocycles. The Kier molecular flexibility index (Phi) is 2.32. The molecular weight excluding hydrogens is 215 g/mol. The molecule has 1 aromatic rings. The third kappa shape index (κ3) is 1.47. The van der Waals surface area contributed by atoms with Crippen LogP contribution in [0.3, 0.4) is 0 Å². The summed E-state index contributed by atoms with van der Waals surface area (Å²) in [5, 5.41) is 9.60.